The molecule has 2 aliphatic heterocycles. The molecule has 120 valence electrons. The summed E-state index contributed by atoms with van der Waals surface area (Å²) in [6.07, 6.45) is 5.79. The van der Waals surface area contributed by atoms with Gasteiger partial charge in [-0.1, -0.05) is 24.3 Å². The van der Waals surface area contributed by atoms with E-state index in [4.69, 9.17) is 4.74 Å². The number of carbonyl (C=O) groups is 1. The van der Waals surface area contributed by atoms with Crippen LogP contribution in [-0.2, 0) is 24.1 Å². The summed E-state index contributed by atoms with van der Waals surface area (Å²) in [5.74, 6) is -0.0418. The highest BCUT2D eigenvalue weighted by Gasteiger charge is 2.23. The van der Waals surface area contributed by atoms with Crippen LogP contribution in [-0.4, -0.2) is 28.8 Å². The molecule has 2 aliphatic rings. The van der Waals surface area contributed by atoms with Gasteiger partial charge in [0.1, 0.15) is 6.10 Å². The van der Waals surface area contributed by atoms with Crippen LogP contribution >= 0.6 is 0 Å². The number of benzene rings is 1. The van der Waals surface area contributed by atoms with Gasteiger partial charge in [0.2, 0.25) is 0 Å². The lowest BCUT2D eigenvalue weighted by molar-refractivity contribution is 0.0411. The molecule has 0 aliphatic carbocycles. The molecule has 1 aromatic carbocycles. The number of rotatable bonds is 3. The number of amides is 1. The zero-order valence-electron chi connectivity index (χ0n) is 13.1. The van der Waals surface area contributed by atoms with Gasteiger partial charge in [-0.15, -0.1) is 0 Å². The van der Waals surface area contributed by atoms with Crippen molar-refractivity contribution in [1.29, 1.82) is 0 Å². The van der Waals surface area contributed by atoms with Crippen LogP contribution < -0.4 is 5.32 Å². The van der Waals surface area contributed by atoms with Crippen LogP contribution in [0, 0.1) is 0 Å². The first-order valence-electron chi connectivity index (χ1n) is 8.35. The van der Waals surface area contributed by atoms with Crippen molar-refractivity contribution in [2.75, 3.05) is 13.2 Å². The molecule has 0 saturated carbocycles. The van der Waals surface area contributed by atoms with Gasteiger partial charge in [0.25, 0.3) is 5.91 Å². The van der Waals surface area contributed by atoms with E-state index in [0.29, 0.717) is 18.7 Å². The first-order valence-corrected chi connectivity index (χ1v) is 8.35. The zero-order valence-corrected chi connectivity index (χ0v) is 13.1. The van der Waals surface area contributed by atoms with Crippen LogP contribution in [0.4, 0.5) is 0 Å². The molecule has 1 N–H and O–H groups in total. The Morgan fingerprint density at radius 2 is 2.22 bits per heavy atom. The summed E-state index contributed by atoms with van der Waals surface area (Å²) in [6.45, 7) is 2.13. The molecule has 0 unspecified atom stereocenters. The monoisotopic (exact) mass is 311 g/mol. The van der Waals surface area contributed by atoms with E-state index < -0.39 is 0 Å². The Morgan fingerprint density at radius 3 is 3.17 bits per heavy atom. The van der Waals surface area contributed by atoms with Crippen molar-refractivity contribution in [2.45, 2.75) is 38.3 Å². The van der Waals surface area contributed by atoms with Crippen LogP contribution in [0.2, 0.25) is 0 Å². The number of nitrogens with one attached hydrogen (secondary N) is 1. The van der Waals surface area contributed by atoms with Gasteiger partial charge >= 0.3 is 0 Å². The summed E-state index contributed by atoms with van der Waals surface area (Å²) >= 11 is 0. The molecular formula is C18H21N3O2. The van der Waals surface area contributed by atoms with E-state index >= 15 is 0 Å². The Hall–Kier alpha value is -2.14. The molecule has 5 heteroatoms. The van der Waals surface area contributed by atoms with Crippen molar-refractivity contribution < 1.29 is 9.53 Å². The first-order chi connectivity index (χ1) is 11.3. The highest BCUT2D eigenvalue weighted by atomic mass is 16.5. The number of hydrogen-bond donors (Lipinski definition) is 1. The van der Waals surface area contributed by atoms with Gasteiger partial charge in [-0.25, -0.2) is 0 Å². The van der Waals surface area contributed by atoms with Gasteiger partial charge in [-0.2, -0.15) is 5.10 Å². The van der Waals surface area contributed by atoms with Gasteiger partial charge in [-0.3, -0.25) is 9.48 Å². The van der Waals surface area contributed by atoms with Crippen molar-refractivity contribution in [3.8, 4) is 0 Å². The third-order valence-electron chi connectivity index (χ3n) is 4.77. The van der Waals surface area contributed by atoms with E-state index in [0.717, 1.165) is 37.9 Å². The molecule has 0 radical (unpaired) electrons. The summed E-state index contributed by atoms with van der Waals surface area (Å²) < 4.78 is 7.81. The van der Waals surface area contributed by atoms with Crippen LogP contribution in [0.25, 0.3) is 0 Å². The molecule has 4 rings (SSSR count). The molecule has 5 nitrogen and oxygen atoms in total. The predicted molar refractivity (Wildman–Crippen MR) is 86.3 cm³/mol. The molecule has 0 spiro atoms. The van der Waals surface area contributed by atoms with Crippen molar-refractivity contribution in [3.05, 3.63) is 52.8 Å². The van der Waals surface area contributed by atoms with E-state index in [2.05, 4.69) is 28.6 Å². The molecule has 0 bridgehead atoms. The SMILES string of the molecule is O=C(NC[C@@H]1OCCc2ccccc21)c1cnn2c1CCCC2. The molecule has 0 saturated heterocycles. The van der Waals surface area contributed by atoms with Gasteiger partial charge < -0.3 is 10.1 Å². The Kier molecular flexibility index (Phi) is 3.87. The van der Waals surface area contributed by atoms with E-state index in [9.17, 15) is 4.79 Å². The number of ether oxygens (including phenoxy) is 1. The lowest BCUT2D eigenvalue weighted by Crippen LogP contribution is -2.32. The highest BCUT2D eigenvalue weighted by Crippen LogP contribution is 2.26. The number of fused-ring (bicyclic) bond motifs is 2. The van der Waals surface area contributed by atoms with Crippen molar-refractivity contribution in [1.82, 2.24) is 15.1 Å². The average molecular weight is 311 g/mol. The summed E-state index contributed by atoms with van der Waals surface area (Å²) in [4.78, 5) is 12.5. The third-order valence-corrected chi connectivity index (χ3v) is 4.77. The normalized spacial score (nSPS) is 19.7. The minimum absolute atomic E-state index is 0.0418. The number of carbonyl (C=O) groups excluding carboxylic acids is 1. The standard InChI is InChI=1S/C18H21N3O2/c22-18(15-11-20-21-9-4-3-7-16(15)21)19-12-17-14-6-2-1-5-13(14)8-10-23-17/h1-2,5-6,11,17H,3-4,7-10,12H2,(H,19,22)/t17-/m0/s1. The molecule has 0 fully saturated rings. The largest absolute Gasteiger partial charge is 0.371 e. The summed E-state index contributed by atoms with van der Waals surface area (Å²) in [7, 11) is 0. The lowest BCUT2D eigenvalue weighted by Gasteiger charge is -2.26. The van der Waals surface area contributed by atoms with Gasteiger partial charge in [0.15, 0.2) is 0 Å². The molecule has 1 amide bonds. The van der Waals surface area contributed by atoms with E-state index in [1.807, 2.05) is 10.7 Å². The predicted octanol–water partition coefficient (Wildman–Crippen LogP) is 2.26. The van der Waals surface area contributed by atoms with E-state index in [-0.39, 0.29) is 12.0 Å². The number of aryl methyl sites for hydroxylation is 1. The Morgan fingerprint density at radius 1 is 1.30 bits per heavy atom. The molecule has 1 atom stereocenters. The fourth-order valence-corrected chi connectivity index (χ4v) is 3.54. The van der Waals surface area contributed by atoms with Crippen molar-refractivity contribution in [3.63, 3.8) is 0 Å². The van der Waals surface area contributed by atoms with E-state index in [1.165, 1.54) is 11.1 Å². The lowest BCUT2D eigenvalue weighted by atomic mass is 9.97. The quantitative estimate of drug-likeness (QED) is 0.946. The molecular weight excluding hydrogens is 290 g/mol. The van der Waals surface area contributed by atoms with Gasteiger partial charge in [0.05, 0.1) is 24.1 Å². The topological polar surface area (TPSA) is 56.1 Å². The molecule has 23 heavy (non-hydrogen) atoms. The minimum atomic E-state index is -0.0599. The van der Waals surface area contributed by atoms with Gasteiger partial charge in [0, 0.05) is 13.1 Å². The first kappa shape index (κ1) is 14.5. The van der Waals surface area contributed by atoms with Crippen molar-refractivity contribution in [2.24, 2.45) is 0 Å². The molecule has 3 heterocycles. The Bertz CT molecular complexity index is 723. The smallest absolute Gasteiger partial charge is 0.254 e. The second kappa shape index (κ2) is 6.16. The Labute approximate surface area is 135 Å². The molecule has 2 aromatic rings. The Balaban J connectivity index is 1.46. The molecule has 1 aromatic heterocycles. The van der Waals surface area contributed by atoms with Crippen LogP contribution in [0.1, 0.15) is 46.1 Å². The number of nitrogens with zero attached hydrogens (tertiary/aromatic N) is 2. The third kappa shape index (κ3) is 2.77. The van der Waals surface area contributed by atoms with Crippen LogP contribution in [0.3, 0.4) is 0 Å². The van der Waals surface area contributed by atoms with Crippen molar-refractivity contribution >= 4 is 5.91 Å². The highest BCUT2D eigenvalue weighted by molar-refractivity contribution is 5.95. The van der Waals surface area contributed by atoms with Crippen LogP contribution in [0.15, 0.2) is 30.5 Å². The maximum Gasteiger partial charge on any atom is 0.254 e. The fourth-order valence-electron chi connectivity index (χ4n) is 3.54. The summed E-state index contributed by atoms with van der Waals surface area (Å²) in [6, 6.07) is 8.31. The minimum Gasteiger partial charge on any atom is -0.371 e. The zero-order chi connectivity index (χ0) is 15.6. The number of hydrogen-bond acceptors (Lipinski definition) is 3. The average Bonchev–Trinajstić information content (AvgIpc) is 3.04. The fraction of sp³-hybridized carbons (Fsp3) is 0.444. The maximum atomic E-state index is 12.5. The van der Waals surface area contributed by atoms with Gasteiger partial charge in [-0.05, 0) is 36.8 Å². The summed E-state index contributed by atoms with van der Waals surface area (Å²) in [5, 5.41) is 7.36. The van der Waals surface area contributed by atoms with Crippen LogP contribution in [0.5, 0.6) is 0 Å². The summed E-state index contributed by atoms with van der Waals surface area (Å²) in [5.41, 5.74) is 4.30. The second-order valence-electron chi connectivity index (χ2n) is 6.20. The second-order valence-corrected chi connectivity index (χ2v) is 6.20. The maximum absolute atomic E-state index is 12.5. The van der Waals surface area contributed by atoms with E-state index in [1.54, 1.807) is 6.20 Å². The number of aromatic nitrogens is 2.